The van der Waals surface area contributed by atoms with Crippen LogP contribution in [0.1, 0.15) is 81.7 Å². The van der Waals surface area contributed by atoms with Gasteiger partial charge in [-0.1, -0.05) is 30.7 Å². The molecule has 0 saturated carbocycles. The zero-order valence-electron chi connectivity index (χ0n) is 64.5. The van der Waals surface area contributed by atoms with E-state index in [9.17, 15) is 80.6 Å². The minimum absolute atomic E-state index is 0. The number of benzene rings is 1. The van der Waals surface area contributed by atoms with Crippen LogP contribution in [0.4, 0.5) is 84.7 Å². The fourth-order valence-electron chi connectivity index (χ4n) is 14.3. The van der Waals surface area contributed by atoms with Crippen molar-refractivity contribution in [2.24, 2.45) is 0 Å². The second-order valence-corrected chi connectivity index (χ2v) is 29.4. The van der Waals surface area contributed by atoms with Gasteiger partial charge in [0, 0.05) is 127 Å². The molecule has 15 heterocycles. The van der Waals surface area contributed by atoms with Gasteiger partial charge in [0.1, 0.15) is 106 Å². The van der Waals surface area contributed by atoms with Crippen LogP contribution >= 0.6 is 11.6 Å². The number of hydrogen-bond acceptors (Lipinski definition) is 20. The van der Waals surface area contributed by atoms with Crippen molar-refractivity contribution in [3.63, 3.8) is 0 Å². The van der Waals surface area contributed by atoms with E-state index in [1.165, 1.54) is 65.8 Å². The third kappa shape index (κ3) is 19.2. The maximum atomic E-state index is 14.7. The Morgan fingerprint density at radius 1 is 0.537 bits per heavy atom. The van der Waals surface area contributed by atoms with Crippen molar-refractivity contribution in [2.75, 3.05) is 65.8 Å². The summed E-state index contributed by atoms with van der Waals surface area (Å²) >= 11 is 6.16. The molecule has 28 nitrogen and oxygen atoms in total. The molecule has 9 N–H and O–H groups in total. The van der Waals surface area contributed by atoms with E-state index in [0.717, 1.165) is 46.6 Å². The highest BCUT2D eigenvalue weighted by Crippen LogP contribution is 2.40. The Kier molecular flexibility index (Phi) is 24.6. The van der Waals surface area contributed by atoms with Crippen molar-refractivity contribution in [3.05, 3.63) is 157 Å². The smallest absolute Gasteiger partial charge is 0.356 e. The molecule has 4 amide bonds. The number of H-pyrrole nitrogens is 4. The van der Waals surface area contributed by atoms with E-state index in [0.29, 0.717) is 117 Å². The van der Waals surface area contributed by atoms with E-state index < -0.39 is 108 Å². The third-order valence-corrected chi connectivity index (χ3v) is 20.7. The molecule has 0 spiro atoms. The number of nitrogens with one attached hydrogen (secondary N) is 9. The predicted molar refractivity (Wildman–Crippen MR) is 432 cm³/mol. The molecule has 5 atom stereocenters. The van der Waals surface area contributed by atoms with Gasteiger partial charge >= 0.3 is 18.5 Å². The number of rotatable bonds is 18. The van der Waals surface area contributed by atoms with E-state index in [-0.39, 0.29) is 69.5 Å². The summed E-state index contributed by atoms with van der Waals surface area (Å²) < 4.78 is 182. The van der Waals surface area contributed by atoms with Crippen LogP contribution in [0.5, 0.6) is 0 Å². The number of carbonyl (C=O) groups excluding carboxylic acids is 4. The summed E-state index contributed by atoms with van der Waals surface area (Å²) in [5.41, 5.74) is 1.47. The molecule has 0 radical (unpaired) electrons. The second kappa shape index (κ2) is 34.7. The number of pyridine rings is 4. The fraction of sp³-hybridized carbons (Fsp3) is 0.333. The SMILES string of the molecule is CCNC(=O)[C@@](C)(CC)Nc1nc(-c2c[nH]c3ncc(Cl)cc23)nc2ccccc12.C[C@]1(C(=O)NCC(F)(F)F)CCCN1c1ccnc(-c2c[nH]c3ncc(F)cc23)n1.C[C@]1(C(=O)NCC(F)(F)F)CCCN1c1nc(-c2c[nH]c3ncc(F)cc23)ncc1F.O=C(NCC(F)(F)F)[C@H]1C[C@H](F)CN1c1ccnc(-c2c[nH]c3ncc(F)cc23)n1.[HH].[HH].[HH].[HH].[HH].[HH]. The molecule has 3 fully saturated rings. The Labute approximate surface area is 690 Å². The Morgan fingerprint density at radius 3 is 1.52 bits per heavy atom. The molecule has 646 valence electrons. The van der Waals surface area contributed by atoms with Crippen molar-refractivity contribution in [1.29, 1.82) is 0 Å². The Balaban J connectivity index is 0.000000229. The highest BCUT2D eigenvalue weighted by Gasteiger charge is 2.48. The molecule has 3 aliphatic rings. The van der Waals surface area contributed by atoms with Crippen molar-refractivity contribution >= 4 is 114 Å². The van der Waals surface area contributed by atoms with Crippen molar-refractivity contribution in [2.45, 2.75) is 121 Å². The number of anilines is 4. The largest absolute Gasteiger partial charge is 0.405 e. The normalized spacial score (nSPS) is 17.9. The molecule has 16 rings (SSSR count). The quantitative estimate of drug-likeness (QED) is 0.0360. The number of fused-ring (bicyclic) bond motifs is 5. The molecule has 121 heavy (non-hydrogen) atoms. The van der Waals surface area contributed by atoms with E-state index in [2.05, 4.69) is 80.4 Å². The summed E-state index contributed by atoms with van der Waals surface area (Å²) in [5.74, 6) is -3.06. The van der Waals surface area contributed by atoms with Gasteiger partial charge in [-0.25, -0.2) is 81.8 Å². The fourth-order valence-corrected chi connectivity index (χ4v) is 14.4. The van der Waals surface area contributed by atoms with Gasteiger partial charge in [0.05, 0.1) is 41.9 Å². The molecule has 3 saturated heterocycles. The Morgan fingerprint density at radius 2 is 1.00 bits per heavy atom. The third-order valence-electron chi connectivity index (χ3n) is 20.5. The number of halogens is 15. The van der Waals surface area contributed by atoms with Crippen LogP contribution in [0.2, 0.25) is 5.02 Å². The van der Waals surface area contributed by atoms with Crippen LogP contribution in [0.3, 0.4) is 0 Å². The first-order valence-electron chi connectivity index (χ1n) is 37.5. The predicted octanol–water partition coefficient (Wildman–Crippen LogP) is 15.3. The van der Waals surface area contributed by atoms with E-state index in [1.54, 1.807) is 35.6 Å². The average molecular weight is 1720 g/mol. The summed E-state index contributed by atoms with van der Waals surface area (Å²) in [5, 5.41) is 15.4. The number of likely N-dealkylation sites (N-methyl/N-ethyl adjacent to an activating group) is 1. The molecule has 0 unspecified atom stereocenters. The summed E-state index contributed by atoms with van der Waals surface area (Å²) in [6.45, 7) is 5.45. The number of aromatic amines is 4. The van der Waals surface area contributed by atoms with Crippen molar-refractivity contribution < 1.29 is 89.2 Å². The first-order valence-corrected chi connectivity index (χ1v) is 37.8. The molecule has 1 aromatic carbocycles. The molecule has 0 aliphatic carbocycles. The highest BCUT2D eigenvalue weighted by atomic mass is 35.5. The van der Waals surface area contributed by atoms with Crippen LogP contribution in [0.25, 0.3) is 101 Å². The Hall–Kier alpha value is -13.1. The van der Waals surface area contributed by atoms with Crippen LogP contribution in [0.15, 0.2) is 129 Å². The summed E-state index contributed by atoms with van der Waals surface area (Å²) in [6, 6.07) is 15.3. The van der Waals surface area contributed by atoms with Crippen molar-refractivity contribution in [3.8, 4) is 45.6 Å². The Bertz CT molecular complexity index is 6040. The molecular formula is C78H85ClF14N24O4. The second-order valence-electron chi connectivity index (χ2n) is 28.9. The standard InChI is InChI=1S/C22H23ClN6O.C19H17F5N6O.C19H18F4N6O.C18H15F5N6O.6H2/c1-4-22(3,21(30)24-5-2)29-20-14-8-6-7-9-17(14)27-19(28-20)16-12-26-18-15(16)10-13(23)11-25-18;1-18(17(31)28-9-19(22,23)24)3-2-4-30(18)16-13(21)8-27-15(29-16)12-7-26-14-11(12)5-10(20)6-25-14;1-18(17(30)27-10-19(21,22)23)4-2-6-29(18)14-3-5-24-16(28-14)13-9-26-15-12(13)7-11(20)8-25-15;19-9-3-11-12(6-26-15(11)25-5-9)16-24-2-1-14(28-16)29-7-10(20)4-13(29)17(30)27-8-18(21,22)23;;;;;;/h6-12H,4-5H2,1-3H3,(H,24,30)(H,25,26)(H,27,28,29);5-8H,2-4,9H2,1H3,(H,25,26)(H,28,31);3,5,7-9H,2,4,6,10H2,1H3,(H,25,26)(H,27,30);1-3,5-6,10,13H,4,7-8H2,(H,25,26)(H,27,30);6*1H/t22-;2*18-;10-,13+;;;;;;/m1110....../s1. The first-order chi connectivity index (χ1) is 57.4. The van der Waals surface area contributed by atoms with Gasteiger partial charge in [-0.05, 0) is 108 Å². The van der Waals surface area contributed by atoms with Crippen LogP contribution in [-0.4, -0.2) is 197 Å². The van der Waals surface area contributed by atoms with Crippen LogP contribution < -0.4 is 41.3 Å². The highest BCUT2D eigenvalue weighted by molar-refractivity contribution is 6.31. The zero-order chi connectivity index (χ0) is 86.7. The van der Waals surface area contributed by atoms with Crippen LogP contribution in [0, 0.1) is 23.3 Å². The lowest BCUT2D eigenvalue weighted by Gasteiger charge is -2.35. The lowest BCUT2D eigenvalue weighted by molar-refractivity contribution is -0.141. The number of carbonyl (C=O) groups is 4. The maximum Gasteiger partial charge on any atom is 0.405 e. The minimum Gasteiger partial charge on any atom is -0.356 e. The average Bonchev–Trinajstić information content (AvgIpc) is 1.76. The number of para-hydroxylation sites is 1. The molecule has 13 aromatic rings. The van der Waals surface area contributed by atoms with Gasteiger partial charge in [-0.3, -0.25) is 19.2 Å². The van der Waals surface area contributed by atoms with Gasteiger partial charge in [-0.2, -0.15) is 39.5 Å². The number of alkyl halides is 10. The summed E-state index contributed by atoms with van der Waals surface area (Å²) in [7, 11) is 0. The molecular weight excluding hydrogens is 1640 g/mol. The number of aromatic nitrogens is 16. The van der Waals surface area contributed by atoms with Gasteiger partial charge < -0.3 is 61.2 Å². The zero-order valence-corrected chi connectivity index (χ0v) is 65.2. The minimum atomic E-state index is -4.57. The van der Waals surface area contributed by atoms with Gasteiger partial charge in [0.15, 0.2) is 34.9 Å². The monoisotopic (exact) mass is 1720 g/mol. The topological polar surface area (TPSA) is 356 Å². The van der Waals surface area contributed by atoms with E-state index in [4.69, 9.17) is 21.6 Å². The lowest BCUT2D eigenvalue weighted by Crippen LogP contribution is -2.55. The van der Waals surface area contributed by atoms with E-state index in [1.807, 2.05) is 67.9 Å². The summed E-state index contributed by atoms with van der Waals surface area (Å²) in [4.78, 5) is 117. The molecule has 3 aliphatic heterocycles. The molecule has 12 aromatic heterocycles. The van der Waals surface area contributed by atoms with E-state index >= 15 is 0 Å². The van der Waals surface area contributed by atoms with Gasteiger partial charge in [-0.15, -0.1) is 0 Å². The summed E-state index contributed by atoms with van der Waals surface area (Å²) in [6.07, 6.45) is 2.00. The van der Waals surface area contributed by atoms with Crippen molar-refractivity contribution in [1.82, 2.24) is 101 Å². The maximum absolute atomic E-state index is 14.7. The lowest BCUT2D eigenvalue weighted by atomic mass is 9.97. The number of amides is 4. The first kappa shape index (κ1) is 85.8. The molecule has 0 bridgehead atoms. The number of nitrogens with zero attached hydrogens (tertiary/aromatic N) is 15. The van der Waals surface area contributed by atoms with Gasteiger partial charge in [0.25, 0.3) is 0 Å². The number of hydrogen-bond donors (Lipinski definition) is 9. The van der Waals surface area contributed by atoms with Gasteiger partial charge in [0.2, 0.25) is 23.6 Å². The molecule has 43 heteroatoms. The van der Waals surface area contributed by atoms with Crippen LogP contribution in [-0.2, 0) is 19.2 Å².